The summed E-state index contributed by atoms with van der Waals surface area (Å²) in [6.45, 7) is 15.4. The van der Waals surface area contributed by atoms with Crippen molar-refractivity contribution in [3.63, 3.8) is 0 Å². The van der Waals surface area contributed by atoms with Crippen LogP contribution in [0.3, 0.4) is 0 Å². The number of fused-ring (bicyclic) bond motifs is 8. The summed E-state index contributed by atoms with van der Waals surface area (Å²) in [7, 11) is 2.55. The van der Waals surface area contributed by atoms with Gasteiger partial charge in [-0.2, -0.15) is 4.89 Å². The second-order valence-electron chi connectivity index (χ2n) is 14.8. The van der Waals surface area contributed by atoms with Crippen molar-refractivity contribution < 1.29 is 48.6 Å². The molecule has 14 nitrogen and oxygen atoms in total. The first kappa shape index (κ1) is 41.9. The van der Waals surface area contributed by atoms with E-state index in [9.17, 15) is 24.6 Å². The van der Waals surface area contributed by atoms with Gasteiger partial charge in [0.05, 0.1) is 67.3 Å². The van der Waals surface area contributed by atoms with Crippen molar-refractivity contribution in [1.29, 1.82) is 0 Å². The van der Waals surface area contributed by atoms with Crippen molar-refractivity contribution in [1.82, 2.24) is 4.98 Å². The molecule has 1 aromatic heterocycles. The van der Waals surface area contributed by atoms with E-state index >= 15 is 0 Å². The number of aliphatic hydroxyl groups is 2. The van der Waals surface area contributed by atoms with Gasteiger partial charge < -0.3 is 34.3 Å². The lowest BCUT2D eigenvalue weighted by Crippen LogP contribution is -2.41. The molecular formula is C44H50N4O10. The number of esters is 3. The van der Waals surface area contributed by atoms with Crippen LogP contribution in [0.25, 0.3) is 18.2 Å². The number of H-pyrrole nitrogens is 1. The number of carbonyl (C=O) groups excluding carboxylic acids is 3. The molecule has 5 aliphatic rings. The van der Waals surface area contributed by atoms with Crippen LogP contribution in [-0.4, -0.2) is 96.9 Å². The molecule has 8 bridgehead atoms. The standard InChI is InChI=1S/C44H50N4O10/c1-9-27-24(3)33-20-38-31-12-10-29(42(52)54-7)41(43(53)55-8)44(31,6)39(48-38)22-34-26(5)30(18-23(2)58-57-17-15-50)37(47-34)21-36-28(11-13-40(51)56-16-14-49)25(4)32(46-36)19-35(27)45-33/h9-10,12,19-22,26,30,37,41,45,49-50H,1-2,11,13-18H2,3-8H3/t26?,30?,37?,41-,44+/m0/s1. The SMILES string of the molecule is C=Cc1c(C)c2[nH]c1=CC1=NC(=CC3N=C(C=C4N=C(C=2)C2=CC=C(C(=O)OC)[C@@H](C(=O)OC)[C@@]42C)C(C)C3CC(=C)OOCCO)C(CCC(=O)OCCO)=C1C. The summed E-state index contributed by atoms with van der Waals surface area (Å²) in [5.74, 6) is -2.94. The van der Waals surface area contributed by atoms with Crippen molar-refractivity contribution in [2.75, 3.05) is 40.6 Å². The van der Waals surface area contributed by atoms with Crippen LogP contribution in [0, 0.1) is 30.1 Å². The molecule has 3 unspecified atom stereocenters. The minimum atomic E-state index is -1.18. The summed E-state index contributed by atoms with van der Waals surface area (Å²) in [5.41, 5.74) is 6.25. The Morgan fingerprint density at radius 2 is 1.74 bits per heavy atom. The smallest absolute Gasteiger partial charge is 0.334 e. The van der Waals surface area contributed by atoms with Gasteiger partial charge in [0.1, 0.15) is 24.9 Å². The minimum absolute atomic E-state index is 0.0345. The molecule has 5 atom stereocenters. The number of methoxy groups -OCH3 is 2. The predicted octanol–water partition coefficient (Wildman–Crippen LogP) is 3.60. The third-order valence-corrected chi connectivity index (χ3v) is 11.5. The van der Waals surface area contributed by atoms with Crippen LogP contribution in [0.15, 0.2) is 91.9 Å². The van der Waals surface area contributed by atoms with Crippen LogP contribution in [0.5, 0.6) is 0 Å². The van der Waals surface area contributed by atoms with Crippen LogP contribution in [0.4, 0.5) is 0 Å². The lowest BCUT2D eigenvalue weighted by Gasteiger charge is -2.37. The Bertz CT molecular complexity index is 2320. The topological polar surface area (TPSA) is 191 Å². The van der Waals surface area contributed by atoms with E-state index in [1.54, 1.807) is 12.2 Å². The van der Waals surface area contributed by atoms with Gasteiger partial charge in [-0.15, -0.1) is 0 Å². The highest BCUT2D eigenvalue weighted by molar-refractivity contribution is 6.25. The summed E-state index contributed by atoms with van der Waals surface area (Å²) in [4.78, 5) is 69.4. The van der Waals surface area contributed by atoms with Gasteiger partial charge in [0, 0.05) is 46.7 Å². The van der Waals surface area contributed by atoms with Crippen LogP contribution < -0.4 is 10.7 Å². The molecule has 0 radical (unpaired) electrons. The Morgan fingerprint density at radius 3 is 2.43 bits per heavy atom. The van der Waals surface area contributed by atoms with E-state index in [1.807, 2.05) is 58.1 Å². The lowest BCUT2D eigenvalue weighted by molar-refractivity contribution is -0.268. The van der Waals surface area contributed by atoms with E-state index in [0.29, 0.717) is 52.7 Å². The number of hydrogen-bond donors (Lipinski definition) is 3. The van der Waals surface area contributed by atoms with Gasteiger partial charge in [-0.1, -0.05) is 38.3 Å². The van der Waals surface area contributed by atoms with Gasteiger partial charge in [0.2, 0.25) is 0 Å². The van der Waals surface area contributed by atoms with Crippen LogP contribution in [-0.2, 0) is 38.4 Å². The van der Waals surface area contributed by atoms with Crippen molar-refractivity contribution in [2.24, 2.45) is 38.1 Å². The van der Waals surface area contributed by atoms with E-state index in [-0.39, 0.29) is 50.3 Å². The molecule has 0 saturated heterocycles. The van der Waals surface area contributed by atoms with Crippen LogP contribution >= 0.6 is 0 Å². The zero-order valence-corrected chi connectivity index (χ0v) is 33.7. The summed E-state index contributed by atoms with van der Waals surface area (Å²) >= 11 is 0. The molecule has 4 aliphatic heterocycles. The Kier molecular flexibility index (Phi) is 12.6. The summed E-state index contributed by atoms with van der Waals surface area (Å²) in [5, 5.41) is 19.9. The number of hydrogen-bond acceptors (Lipinski definition) is 13. The number of aromatic nitrogens is 1. The molecule has 0 spiro atoms. The number of aromatic amines is 1. The maximum absolute atomic E-state index is 13.8. The first-order valence-corrected chi connectivity index (χ1v) is 19.2. The monoisotopic (exact) mass is 794 g/mol. The largest absolute Gasteiger partial charge is 0.469 e. The molecule has 58 heavy (non-hydrogen) atoms. The Hall–Kier alpha value is -5.70. The van der Waals surface area contributed by atoms with E-state index < -0.39 is 35.3 Å². The highest BCUT2D eigenvalue weighted by Crippen LogP contribution is 2.54. The minimum Gasteiger partial charge on any atom is -0.469 e. The molecule has 5 heterocycles. The maximum Gasteiger partial charge on any atom is 0.334 e. The average Bonchev–Trinajstić information content (AvgIpc) is 3.86. The first-order valence-electron chi connectivity index (χ1n) is 19.2. The number of allylic oxidation sites excluding steroid dienone is 7. The molecule has 306 valence electrons. The van der Waals surface area contributed by atoms with Gasteiger partial charge in [-0.05, 0) is 73.8 Å². The Morgan fingerprint density at radius 1 is 1.00 bits per heavy atom. The zero-order valence-electron chi connectivity index (χ0n) is 33.7. The quantitative estimate of drug-likeness (QED) is 0.0627. The van der Waals surface area contributed by atoms with Crippen LogP contribution in [0.2, 0.25) is 0 Å². The first-order chi connectivity index (χ1) is 27.8. The van der Waals surface area contributed by atoms with Gasteiger partial charge in [0.25, 0.3) is 0 Å². The molecule has 0 fully saturated rings. The van der Waals surface area contributed by atoms with Gasteiger partial charge >= 0.3 is 17.9 Å². The number of nitrogens with one attached hydrogen (secondary N) is 1. The maximum atomic E-state index is 13.8. The van der Waals surface area contributed by atoms with Crippen LogP contribution in [0.1, 0.15) is 51.2 Å². The third kappa shape index (κ3) is 7.79. The van der Waals surface area contributed by atoms with Crippen molar-refractivity contribution >= 4 is 53.3 Å². The van der Waals surface area contributed by atoms with Gasteiger partial charge in [0.15, 0.2) is 0 Å². The van der Waals surface area contributed by atoms with Crippen molar-refractivity contribution in [3.8, 4) is 0 Å². The second kappa shape index (κ2) is 17.4. The predicted molar refractivity (Wildman–Crippen MR) is 218 cm³/mol. The molecule has 0 saturated carbocycles. The van der Waals surface area contributed by atoms with E-state index in [0.717, 1.165) is 33.0 Å². The van der Waals surface area contributed by atoms with Gasteiger partial charge in [-0.25, -0.2) is 9.79 Å². The molecule has 0 amide bonds. The van der Waals surface area contributed by atoms with Gasteiger partial charge in [-0.3, -0.25) is 19.6 Å². The lowest BCUT2D eigenvalue weighted by atomic mass is 9.63. The fourth-order valence-corrected chi connectivity index (χ4v) is 8.35. The summed E-state index contributed by atoms with van der Waals surface area (Å²) < 4.78 is 15.7. The average molecular weight is 795 g/mol. The molecule has 1 aliphatic carbocycles. The number of nitrogens with zero attached hydrogens (tertiary/aromatic N) is 3. The molecule has 14 heteroatoms. The highest BCUT2D eigenvalue weighted by Gasteiger charge is 2.55. The van der Waals surface area contributed by atoms with E-state index in [4.69, 9.17) is 39.0 Å². The molecule has 0 aromatic carbocycles. The van der Waals surface area contributed by atoms with E-state index in [2.05, 4.69) is 18.1 Å². The Balaban J connectivity index is 1.60. The highest BCUT2D eigenvalue weighted by atomic mass is 17.2. The number of aliphatic hydroxyl groups excluding tert-OH is 2. The Labute approximate surface area is 336 Å². The van der Waals surface area contributed by atoms with Crippen molar-refractivity contribution in [2.45, 2.75) is 53.0 Å². The third-order valence-electron chi connectivity index (χ3n) is 11.5. The normalized spacial score (nSPS) is 24.4. The van der Waals surface area contributed by atoms with Crippen molar-refractivity contribution in [3.05, 3.63) is 98.7 Å². The number of ether oxygens (including phenoxy) is 3. The number of aliphatic imine (C=N–C) groups is 3. The fourth-order valence-electron chi connectivity index (χ4n) is 8.35. The molecule has 1 aromatic rings. The fraction of sp³-hybridized carbons (Fsp3) is 0.409. The zero-order chi connectivity index (χ0) is 41.9. The number of carbonyl (C=O) groups is 3. The van der Waals surface area contributed by atoms with E-state index in [1.165, 1.54) is 14.2 Å². The summed E-state index contributed by atoms with van der Waals surface area (Å²) in [6, 6.07) is -0.481. The number of rotatable bonds is 14. The molecule has 3 N–H and O–H groups in total. The second-order valence-corrected chi connectivity index (χ2v) is 14.8. The molecular weight excluding hydrogens is 745 g/mol. The molecule has 6 rings (SSSR count). The summed E-state index contributed by atoms with van der Waals surface area (Å²) in [6.07, 6.45) is 13.7.